The Morgan fingerprint density at radius 2 is 1.59 bits per heavy atom. The number of carboxylic acid groups (broad SMARTS) is 1. The molecule has 4 nitrogen and oxygen atoms in total. The number of anilines is 2. The van der Waals surface area contributed by atoms with Crippen molar-refractivity contribution in [3.8, 4) is 0 Å². The average Bonchev–Trinajstić information content (AvgIpc) is 2.39. The molecule has 0 amide bonds. The molecule has 1 aromatic carbocycles. The number of hydrogen-bond acceptors (Lipinski definition) is 3. The minimum absolute atomic E-state index is 0.289. The maximum absolute atomic E-state index is 10.7. The van der Waals surface area contributed by atoms with E-state index in [9.17, 15) is 4.79 Å². The molecule has 0 radical (unpaired) electrons. The fraction of sp³-hybridized carbons (Fsp3) is 0.0769. The zero-order valence-electron chi connectivity index (χ0n) is 9.37. The summed E-state index contributed by atoms with van der Waals surface area (Å²) >= 11 is 0. The molecule has 0 aliphatic heterocycles. The Balaban J connectivity index is 2.26. The van der Waals surface area contributed by atoms with Gasteiger partial charge in [0.2, 0.25) is 0 Å². The third kappa shape index (κ3) is 2.42. The van der Waals surface area contributed by atoms with Crippen molar-refractivity contribution in [1.82, 2.24) is 4.98 Å². The predicted molar refractivity (Wildman–Crippen MR) is 65.7 cm³/mol. The summed E-state index contributed by atoms with van der Waals surface area (Å²) in [4.78, 5) is 16.7. The highest BCUT2D eigenvalue weighted by molar-refractivity contribution is 5.88. The van der Waals surface area contributed by atoms with Crippen molar-refractivity contribution in [3.63, 3.8) is 0 Å². The molecule has 0 fully saturated rings. The van der Waals surface area contributed by atoms with Crippen molar-refractivity contribution in [1.29, 1.82) is 0 Å². The van der Waals surface area contributed by atoms with Gasteiger partial charge in [0.1, 0.15) is 0 Å². The average molecular weight is 228 g/mol. The highest BCUT2D eigenvalue weighted by atomic mass is 16.4. The Hall–Kier alpha value is -2.36. The normalized spacial score (nSPS) is 9.94. The summed E-state index contributed by atoms with van der Waals surface area (Å²) < 4.78 is 0. The summed E-state index contributed by atoms with van der Waals surface area (Å²) in [7, 11) is 1.92. The molecular formula is C13H12N2O2. The van der Waals surface area contributed by atoms with Crippen molar-refractivity contribution in [2.75, 3.05) is 11.9 Å². The largest absolute Gasteiger partial charge is 0.478 e. The first-order valence-corrected chi connectivity index (χ1v) is 5.15. The smallest absolute Gasteiger partial charge is 0.335 e. The number of carbonyl (C=O) groups is 1. The first-order chi connectivity index (χ1) is 8.18. The highest BCUT2D eigenvalue weighted by Crippen LogP contribution is 2.22. The molecule has 0 bridgehead atoms. The summed E-state index contributed by atoms with van der Waals surface area (Å²) in [6.45, 7) is 0. The van der Waals surface area contributed by atoms with Gasteiger partial charge in [-0.2, -0.15) is 0 Å². The van der Waals surface area contributed by atoms with Crippen LogP contribution in [0.25, 0.3) is 0 Å². The van der Waals surface area contributed by atoms with Gasteiger partial charge in [0.15, 0.2) is 0 Å². The maximum Gasteiger partial charge on any atom is 0.335 e. The van der Waals surface area contributed by atoms with Crippen LogP contribution >= 0.6 is 0 Å². The van der Waals surface area contributed by atoms with Crippen LogP contribution in [0.2, 0.25) is 0 Å². The zero-order chi connectivity index (χ0) is 12.3. The van der Waals surface area contributed by atoms with Crippen molar-refractivity contribution in [2.45, 2.75) is 0 Å². The first kappa shape index (κ1) is 11.1. The SMILES string of the molecule is CN(c1ccncc1)c1ccc(C(=O)O)cc1. The van der Waals surface area contributed by atoms with E-state index in [0.29, 0.717) is 0 Å². The highest BCUT2D eigenvalue weighted by Gasteiger charge is 2.05. The molecule has 1 heterocycles. The summed E-state index contributed by atoms with van der Waals surface area (Å²) in [5.41, 5.74) is 2.22. The van der Waals surface area contributed by atoms with Gasteiger partial charge < -0.3 is 10.0 Å². The lowest BCUT2D eigenvalue weighted by Gasteiger charge is -2.19. The molecule has 0 aliphatic carbocycles. The topological polar surface area (TPSA) is 53.4 Å². The summed E-state index contributed by atoms with van der Waals surface area (Å²) in [6.07, 6.45) is 3.44. The Bertz CT molecular complexity index is 509. The number of pyridine rings is 1. The van der Waals surface area contributed by atoms with Gasteiger partial charge in [0.25, 0.3) is 0 Å². The molecule has 2 rings (SSSR count). The van der Waals surface area contributed by atoms with Gasteiger partial charge in [-0.3, -0.25) is 4.98 Å². The van der Waals surface area contributed by atoms with Crippen LogP contribution in [0.1, 0.15) is 10.4 Å². The summed E-state index contributed by atoms with van der Waals surface area (Å²) in [5, 5.41) is 8.81. The molecule has 1 aromatic heterocycles. The van der Waals surface area contributed by atoms with Crippen LogP contribution in [-0.2, 0) is 0 Å². The second-order valence-electron chi connectivity index (χ2n) is 3.62. The number of rotatable bonds is 3. The van der Waals surface area contributed by atoms with E-state index >= 15 is 0 Å². The minimum Gasteiger partial charge on any atom is -0.478 e. The van der Waals surface area contributed by atoms with Crippen LogP contribution in [0.4, 0.5) is 11.4 Å². The third-order valence-corrected chi connectivity index (χ3v) is 2.55. The zero-order valence-corrected chi connectivity index (χ0v) is 9.37. The van der Waals surface area contributed by atoms with Crippen LogP contribution in [0.15, 0.2) is 48.8 Å². The Kier molecular flexibility index (Phi) is 3.05. The summed E-state index contributed by atoms with van der Waals surface area (Å²) in [5.74, 6) is -0.914. The Morgan fingerprint density at radius 3 is 2.12 bits per heavy atom. The molecule has 1 N–H and O–H groups in total. The lowest BCUT2D eigenvalue weighted by atomic mass is 10.2. The van der Waals surface area contributed by atoms with E-state index in [-0.39, 0.29) is 5.56 Å². The van der Waals surface area contributed by atoms with Crippen LogP contribution in [0, 0.1) is 0 Å². The van der Waals surface area contributed by atoms with Gasteiger partial charge >= 0.3 is 5.97 Å². The number of benzene rings is 1. The van der Waals surface area contributed by atoms with Gasteiger partial charge in [0.05, 0.1) is 5.56 Å². The molecular weight excluding hydrogens is 216 g/mol. The van der Waals surface area contributed by atoms with E-state index < -0.39 is 5.97 Å². The monoisotopic (exact) mass is 228 g/mol. The van der Waals surface area contributed by atoms with Gasteiger partial charge in [-0.15, -0.1) is 0 Å². The molecule has 0 aliphatic rings. The summed E-state index contributed by atoms with van der Waals surface area (Å²) in [6, 6.07) is 10.5. The predicted octanol–water partition coefficient (Wildman–Crippen LogP) is 2.55. The van der Waals surface area contributed by atoms with E-state index in [4.69, 9.17) is 5.11 Å². The Morgan fingerprint density at radius 1 is 1.06 bits per heavy atom. The number of carboxylic acids is 1. The molecule has 0 saturated carbocycles. The van der Waals surface area contributed by atoms with Crippen LogP contribution in [0.3, 0.4) is 0 Å². The van der Waals surface area contributed by atoms with E-state index in [1.807, 2.05) is 24.1 Å². The first-order valence-electron chi connectivity index (χ1n) is 5.15. The molecule has 0 atom stereocenters. The van der Waals surface area contributed by atoms with Crippen LogP contribution in [-0.4, -0.2) is 23.1 Å². The maximum atomic E-state index is 10.7. The van der Waals surface area contributed by atoms with Crippen molar-refractivity contribution >= 4 is 17.3 Å². The molecule has 17 heavy (non-hydrogen) atoms. The lowest BCUT2D eigenvalue weighted by molar-refractivity contribution is 0.0697. The van der Waals surface area contributed by atoms with Crippen LogP contribution in [0.5, 0.6) is 0 Å². The lowest BCUT2D eigenvalue weighted by Crippen LogP contribution is -2.09. The number of nitrogens with zero attached hydrogens (tertiary/aromatic N) is 2. The van der Waals surface area contributed by atoms with Crippen molar-refractivity contribution < 1.29 is 9.90 Å². The van der Waals surface area contributed by atoms with E-state index in [1.165, 1.54) is 0 Å². The Labute approximate surface area is 99.2 Å². The van der Waals surface area contributed by atoms with Gasteiger partial charge in [0, 0.05) is 30.8 Å². The second-order valence-corrected chi connectivity index (χ2v) is 3.62. The fourth-order valence-electron chi connectivity index (χ4n) is 1.54. The molecule has 86 valence electrons. The van der Waals surface area contributed by atoms with Crippen molar-refractivity contribution in [2.24, 2.45) is 0 Å². The minimum atomic E-state index is -0.914. The third-order valence-electron chi connectivity index (χ3n) is 2.55. The van der Waals surface area contributed by atoms with Gasteiger partial charge in [-0.1, -0.05) is 0 Å². The number of aromatic nitrogens is 1. The molecule has 0 spiro atoms. The van der Waals surface area contributed by atoms with Crippen molar-refractivity contribution in [3.05, 3.63) is 54.4 Å². The van der Waals surface area contributed by atoms with E-state index in [2.05, 4.69) is 4.98 Å². The van der Waals surface area contributed by atoms with Gasteiger partial charge in [-0.05, 0) is 36.4 Å². The standard InChI is InChI=1S/C13H12N2O2/c1-15(12-6-8-14-9-7-12)11-4-2-10(3-5-11)13(16)17/h2-9H,1H3,(H,16,17). The molecule has 0 unspecified atom stereocenters. The molecule has 4 heteroatoms. The van der Waals surface area contributed by atoms with E-state index in [0.717, 1.165) is 11.4 Å². The fourth-order valence-corrected chi connectivity index (χ4v) is 1.54. The van der Waals surface area contributed by atoms with Crippen LogP contribution < -0.4 is 4.90 Å². The molecule has 0 saturated heterocycles. The van der Waals surface area contributed by atoms with E-state index in [1.54, 1.807) is 36.7 Å². The second kappa shape index (κ2) is 4.65. The van der Waals surface area contributed by atoms with Gasteiger partial charge in [-0.25, -0.2) is 4.79 Å². The quantitative estimate of drug-likeness (QED) is 0.877. The number of aromatic carboxylic acids is 1. The molecule has 2 aromatic rings. The number of hydrogen-bond donors (Lipinski definition) is 1.